The highest BCUT2D eigenvalue weighted by Gasteiger charge is 2.05. The van der Waals surface area contributed by atoms with Crippen LogP contribution in [0.1, 0.15) is 5.69 Å². The zero-order valence-electron chi connectivity index (χ0n) is 7.95. The Kier molecular flexibility index (Phi) is 4.09. The molecular formula is C8H13N3O3. The van der Waals surface area contributed by atoms with Gasteiger partial charge in [0.25, 0.3) is 5.91 Å². The minimum Gasteiger partial charge on any atom is -0.370 e. The summed E-state index contributed by atoms with van der Waals surface area (Å²) >= 11 is 0. The van der Waals surface area contributed by atoms with Crippen LogP contribution >= 0.6 is 0 Å². The Morgan fingerprint density at radius 3 is 3.14 bits per heavy atom. The number of hydrogen-bond donors (Lipinski definition) is 2. The van der Waals surface area contributed by atoms with Gasteiger partial charge in [-0.25, -0.2) is 0 Å². The number of nitrogens with one attached hydrogen (secondary N) is 1. The van der Waals surface area contributed by atoms with Gasteiger partial charge in [-0.05, 0) is 6.92 Å². The molecule has 0 unspecified atom stereocenters. The molecule has 0 aliphatic heterocycles. The molecule has 0 aliphatic carbocycles. The normalized spacial score (nSPS) is 10.1. The zero-order chi connectivity index (χ0) is 10.4. The maximum Gasteiger partial charge on any atom is 0.252 e. The van der Waals surface area contributed by atoms with Crippen LogP contribution in [0.25, 0.3) is 0 Å². The van der Waals surface area contributed by atoms with Gasteiger partial charge < -0.3 is 15.0 Å². The number of ether oxygens (including phenoxy) is 1. The third-order valence-electron chi connectivity index (χ3n) is 1.39. The van der Waals surface area contributed by atoms with E-state index in [0.29, 0.717) is 24.7 Å². The SMILES string of the molecule is Cc1cc(NC(=O)COCCN)on1. The van der Waals surface area contributed by atoms with Gasteiger partial charge in [0.1, 0.15) is 6.61 Å². The minimum absolute atomic E-state index is 0.0308. The van der Waals surface area contributed by atoms with Crippen LogP contribution in [-0.2, 0) is 9.53 Å². The largest absolute Gasteiger partial charge is 0.370 e. The summed E-state index contributed by atoms with van der Waals surface area (Å²) in [6.07, 6.45) is 0. The number of hydrogen-bond acceptors (Lipinski definition) is 5. The van der Waals surface area contributed by atoms with Crippen LogP contribution in [0, 0.1) is 6.92 Å². The summed E-state index contributed by atoms with van der Waals surface area (Å²) in [7, 11) is 0. The Morgan fingerprint density at radius 2 is 2.57 bits per heavy atom. The van der Waals surface area contributed by atoms with Gasteiger partial charge in [0.15, 0.2) is 0 Å². The van der Waals surface area contributed by atoms with Crippen molar-refractivity contribution in [2.45, 2.75) is 6.92 Å². The molecule has 0 saturated carbocycles. The molecule has 6 heteroatoms. The molecule has 1 aromatic rings. The van der Waals surface area contributed by atoms with Crippen molar-refractivity contribution in [3.63, 3.8) is 0 Å². The molecule has 0 radical (unpaired) electrons. The van der Waals surface area contributed by atoms with Crippen molar-refractivity contribution in [2.75, 3.05) is 25.1 Å². The highest BCUT2D eigenvalue weighted by Crippen LogP contribution is 2.07. The molecule has 3 N–H and O–H groups in total. The van der Waals surface area contributed by atoms with Crippen molar-refractivity contribution in [2.24, 2.45) is 5.73 Å². The predicted octanol–water partition coefficient (Wildman–Crippen LogP) is -0.103. The molecule has 0 atom stereocenters. The van der Waals surface area contributed by atoms with Crippen LogP contribution in [0.2, 0.25) is 0 Å². The first-order valence-corrected chi connectivity index (χ1v) is 4.23. The van der Waals surface area contributed by atoms with E-state index >= 15 is 0 Å². The van der Waals surface area contributed by atoms with Crippen molar-refractivity contribution in [3.8, 4) is 0 Å². The Bertz CT molecular complexity index is 298. The molecule has 1 rings (SSSR count). The lowest BCUT2D eigenvalue weighted by Crippen LogP contribution is -2.20. The quantitative estimate of drug-likeness (QED) is 0.646. The Balaban J connectivity index is 2.27. The number of rotatable bonds is 5. The summed E-state index contributed by atoms with van der Waals surface area (Å²) in [5.41, 5.74) is 5.90. The molecule has 1 aromatic heterocycles. The second-order valence-electron chi connectivity index (χ2n) is 2.72. The maximum atomic E-state index is 11.1. The average molecular weight is 199 g/mol. The molecule has 0 bridgehead atoms. The minimum atomic E-state index is -0.283. The van der Waals surface area contributed by atoms with E-state index in [1.807, 2.05) is 0 Å². The number of carbonyl (C=O) groups is 1. The molecule has 0 aromatic carbocycles. The predicted molar refractivity (Wildman–Crippen MR) is 49.7 cm³/mol. The van der Waals surface area contributed by atoms with Gasteiger partial charge in [-0.3, -0.25) is 10.1 Å². The van der Waals surface area contributed by atoms with E-state index < -0.39 is 0 Å². The number of anilines is 1. The lowest BCUT2D eigenvalue weighted by Gasteiger charge is -2.01. The fourth-order valence-corrected chi connectivity index (χ4v) is 0.844. The highest BCUT2D eigenvalue weighted by molar-refractivity contribution is 5.90. The standard InChI is InChI=1S/C8H13N3O3/c1-6-4-8(14-11-6)10-7(12)5-13-3-2-9/h4H,2-3,5,9H2,1H3,(H,10,12). The van der Waals surface area contributed by atoms with Crippen LogP contribution in [0.15, 0.2) is 10.6 Å². The van der Waals surface area contributed by atoms with Crippen LogP contribution in [0.4, 0.5) is 5.88 Å². The van der Waals surface area contributed by atoms with Crippen molar-refractivity contribution in [1.29, 1.82) is 0 Å². The molecule has 0 aliphatic rings. The van der Waals surface area contributed by atoms with E-state index in [0.717, 1.165) is 0 Å². The third kappa shape index (κ3) is 3.55. The van der Waals surface area contributed by atoms with Crippen LogP contribution in [0.5, 0.6) is 0 Å². The zero-order valence-corrected chi connectivity index (χ0v) is 7.95. The van der Waals surface area contributed by atoms with Gasteiger partial charge in [0.05, 0.1) is 12.3 Å². The molecule has 6 nitrogen and oxygen atoms in total. The van der Waals surface area contributed by atoms with Crippen molar-refractivity contribution >= 4 is 11.8 Å². The smallest absolute Gasteiger partial charge is 0.252 e. The van der Waals surface area contributed by atoms with E-state index in [9.17, 15) is 4.79 Å². The lowest BCUT2D eigenvalue weighted by molar-refractivity contribution is -0.120. The first-order chi connectivity index (χ1) is 6.72. The van der Waals surface area contributed by atoms with E-state index in [2.05, 4.69) is 10.5 Å². The monoisotopic (exact) mass is 199 g/mol. The Morgan fingerprint density at radius 1 is 1.79 bits per heavy atom. The molecule has 0 fully saturated rings. The van der Waals surface area contributed by atoms with Gasteiger partial charge in [-0.2, -0.15) is 0 Å². The van der Waals surface area contributed by atoms with Crippen LogP contribution in [0.3, 0.4) is 0 Å². The summed E-state index contributed by atoms with van der Waals surface area (Å²) in [4.78, 5) is 11.1. The Labute approximate surface area is 81.4 Å². The van der Waals surface area contributed by atoms with Gasteiger partial charge in [0, 0.05) is 12.6 Å². The van der Waals surface area contributed by atoms with Crippen molar-refractivity contribution in [1.82, 2.24) is 5.16 Å². The number of aromatic nitrogens is 1. The number of nitrogens with zero attached hydrogens (tertiary/aromatic N) is 1. The first kappa shape index (κ1) is 10.7. The molecule has 1 amide bonds. The second-order valence-corrected chi connectivity index (χ2v) is 2.72. The van der Waals surface area contributed by atoms with Crippen molar-refractivity contribution < 1.29 is 14.1 Å². The molecular weight excluding hydrogens is 186 g/mol. The van der Waals surface area contributed by atoms with E-state index in [4.69, 9.17) is 15.0 Å². The Hall–Kier alpha value is -1.40. The summed E-state index contributed by atoms with van der Waals surface area (Å²) in [6, 6.07) is 1.63. The number of carbonyl (C=O) groups excluding carboxylic acids is 1. The van der Waals surface area contributed by atoms with Crippen LogP contribution < -0.4 is 11.1 Å². The highest BCUT2D eigenvalue weighted by atomic mass is 16.5. The first-order valence-electron chi connectivity index (χ1n) is 4.23. The van der Waals surface area contributed by atoms with Gasteiger partial charge in [-0.15, -0.1) is 0 Å². The maximum absolute atomic E-state index is 11.1. The molecule has 78 valence electrons. The summed E-state index contributed by atoms with van der Waals surface area (Å²) < 4.78 is 9.70. The summed E-state index contributed by atoms with van der Waals surface area (Å²) in [5, 5.41) is 6.10. The molecule has 14 heavy (non-hydrogen) atoms. The van der Waals surface area contributed by atoms with Gasteiger partial charge >= 0.3 is 0 Å². The number of aryl methyl sites for hydroxylation is 1. The summed E-state index contributed by atoms with van der Waals surface area (Å²) in [5.74, 6) is 0.0402. The van der Waals surface area contributed by atoms with E-state index in [1.54, 1.807) is 13.0 Å². The third-order valence-corrected chi connectivity index (χ3v) is 1.39. The summed E-state index contributed by atoms with van der Waals surface area (Å²) in [6.45, 7) is 2.50. The second kappa shape index (κ2) is 5.36. The van der Waals surface area contributed by atoms with Gasteiger partial charge in [0.2, 0.25) is 5.88 Å². The average Bonchev–Trinajstić information content (AvgIpc) is 2.52. The lowest BCUT2D eigenvalue weighted by atomic mass is 10.5. The fourth-order valence-electron chi connectivity index (χ4n) is 0.844. The fraction of sp³-hybridized carbons (Fsp3) is 0.500. The van der Waals surface area contributed by atoms with Crippen LogP contribution in [-0.4, -0.2) is 30.8 Å². The van der Waals surface area contributed by atoms with Crippen molar-refractivity contribution in [3.05, 3.63) is 11.8 Å². The number of amides is 1. The van der Waals surface area contributed by atoms with Gasteiger partial charge in [-0.1, -0.05) is 5.16 Å². The molecule has 0 spiro atoms. The van der Waals surface area contributed by atoms with E-state index in [1.165, 1.54) is 0 Å². The van der Waals surface area contributed by atoms with E-state index in [-0.39, 0.29) is 12.5 Å². The molecule has 0 saturated heterocycles. The molecule has 1 heterocycles. The number of nitrogens with two attached hydrogens (primary N) is 1. The topological polar surface area (TPSA) is 90.4 Å².